The van der Waals surface area contributed by atoms with Gasteiger partial charge in [0.2, 0.25) is 11.8 Å². The van der Waals surface area contributed by atoms with Gasteiger partial charge in [-0.25, -0.2) is 0 Å². The molecule has 0 heterocycles. The average molecular weight is 392 g/mol. The number of anilines is 3. The maximum absolute atomic E-state index is 12.2. The quantitative estimate of drug-likeness (QED) is 0.667. The summed E-state index contributed by atoms with van der Waals surface area (Å²) < 4.78 is 0. The highest BCUT2D eigenvalue weighted by Crippen LogP contribution is 2.32. The van der Waals surface area contributed by atoms with Crippen LogP contribution in [-0.4, -0.2) is 18.4 Å². The summed E-state index contributed by atoms with van der Waals surface area (Å²) in [5.41, 5.74) is 2.78. The number of benzene rings is 2. The summed E-state index contributed by atoms with van der Waals surface area (Å²) in [6, 6.07) is 10.6. The van der Waals surface area contributed by atoms with Gasteiger partial charge in [0.05, 0.1) is 22.3 Å². The van der Waals surface area contributed by atoms with E-state index in [0.717, 1.165) is 18.4 Å². The molecule has 0 spiro atoms. The van der Waals surface area contributed by atoms with Gasteiger partial charge in [0.25, 0.3) is 0 Å². The first kappa shape index (κ1) is 18.5. The molecule has 7 heteroatoms. The molecule has 0 unspecified atom stereocenters. The van der Waals surface area contributed by atoms with Crippen molar-refractivity contribution in [1.29, 1.82) is 0 Å². The Labute approximate surface area is 162 Å². The molecule has 0 saturated heterocycles. The fraction of sp³-hybridized carbons (Fsp3) is 0.263. The SMILES string of the molecule is Cc1c(NC(=O)CNc2cccc(Cl)c2Cl)cccc1NC(=O)C1CC1. The van der Waals surface area contributed by atoms with Crippen LogP contribution in [0.1, 0.15) is 18.4 Å². The molecule has 3 N–H and O–H groups in total. The minimum absolute atomic E-state index is 0.0360. The second-order valence-electron chi connectivity index (χ2n) is 6.24. The summed E-state index contributed by atoms with van der Waals surface area (Å²) in [5, 5.41) is 9.53. The molecule has 2 amide bonds. The lowest BCUT2D eigenvalue weighted by Crippen LogP contribution is -2.22. The first-order valence-electron chi connectivity index (χ1n) is 8.34. The predicted octanol–water partition coefficient (Wildman–Crippen LogP) is 4.70. The molecular weight excluding hydrogens is 373 g/mol. The van der Waals surface area contributed by atoms with E-state index in [1.165, 1.54) is 0 Å². The second kappa shape index (κ2) is 7.98. The zero-order valence-electron chi connectivity index (χ0n) is 14.2. The van der Waals surface area contributed by atoms with Crippen LogP contribution < -0.4 is 16.0 Å². The van der Waals surface area contributed by atoms with Crippen LogP contribution in [0.4, 0.5) is 17.1 Å². The van der Waals surface area contributed by atoms with Crippen molar-refractivity contribution in [2.24, 2.45) is 5.92 Å². The molecule has 26 heavy (non-hydrogen) atoms. The molecule has 0 aliphatic heterocycles. The fourth-order valence-corrected chi connectivity index (χ4v) is 2.86. The van der Waals surface area contributed by atoms with Gasteiger partial charge in [-0.3, -0.25) is 9.59 Å². The molecule has 1 aliphatic carbocycles. The van der Waals surface area contributed by atoms with Crippen molar-refractivity contribution in [1.82, 2.24) is 0 Å². The van der Waals surface area contributed by atoms with Crippen molar-refractivity contribution in [2.75, 3.05) is 22.5 Å². The zero-order chi connectivity index (χ0) is 18.7. The molecule has 2 aromatic rings. The van der Waals surface area contributed by atoms with E-state index in [9.17, 15) is 9.59 Å². The Morgan fingerprint density at radius 3 is 2.31 bits per heavy atom. The van der Waals surface area contributed by atoms with Gasteiger partial charge in [0, 0.05) is 17.3 Å². The van der Waals surface area contributed by atoms with Gasteiger partial charge < -0.3 is 16.0 Å². The van der Waals surface area contributed by atoms with E-state index in [1.54, 1.807) is 30.3 Å². The largest absolute Gasteiger partial charge is 0.375 e. The first-order valence-corrected chi connectivity index (χ1v) is 9.09. The topological polar surface area (TPSA) is 70.2 Å². The lowest BCUT2D eigenvalue weighted by molar-refractivity contribution is -0.117. The van der Waals surface area contributed by atoms with Crippen molar-refractivity contribution < 1.29 is 9.59 Å². The van der Waals surface area contributed by atoms with E-state index in [4.69, 9.17) is 23.2 Å². The summed E-state index contributed by atoms with van der Waals surface area (Å²) in [7, 11) is 0. The second-order valence-corrected chi connectivity index (χ2v) is 7.03. The summed E-state index contributed by atoms with van der Waals surface area (Å²) >= 11 is 12.1. The van der Waals surface area contributed by atoms with E-state index >= 15 is 0 Å². The van der Waals surface area contributed by atoms with Gasteiger partial charge in [0.15, 0.2) is 0 Å². The number of nitrogens with one attached hydrogen (secondary N) is 3. The number of amides is 2. The lowest BCUT2D eigenvalue weighted by Gasteiger charge is -2.14. The Bertz CT molecular complexity index is 851. The van der Waals surface area contributed by atoms with E-state index in [1.807, 2.05) is 13.0 Å². The lowest BCUT2D eigenvalue weighted by atomic mass is 10.1. The fourth-order valence-electron chi connectivity index (χ4n) is 2.50. The van der Waals surface area contributed by atoms with Crippen molar-refractivity contribution in [3.05, 3.63) is 52.0 Å². The smallest absolute Gasteiger partial charge is 0.243 e. The van der Waals surface area contributed by atoms with Gasteiger partial charge >= 0.3 is 0 Å². The van der Waals surface area contributed by atoms with E-state index in [-0.39, 0.29) is 24.3 Å². The zero-order valence-corrected chi connectivity index (χ0v) is 15.7. The van der Waals surface area contributed by atoms with Crippen molar-refractivity contribution >= 4 is 52.1 Å². The molecule has 2 aromatic carbocycles. The maximum Gasteiger partial charge on any atom is 0.243 e. The molecule has 1 fully saturated rings. The van der Waals surface area contributed by atoms with E-state index in [0.29, 0.717) is 27.1 Å². The summed E-state index contributed by atoms with van der Waals surface area (Å²) in [6.45, 7) is 1.90. The van der Waals surface area contributed by atoms with Crippen LogP contribution in [-0.2, 0) is 9.59 Å². The summed E-state index contributed by atoms with van der Waals surface area (Å²) in [5.74, 6) is -0.0667. The normalized spacial score (nSPS) is 13.2. The Kier molecular flexibility index (Phi) is 5.69. The minimum atomic E-state index is -0.227. The molecule has 1 saturated carbocycles. The highest BCUT2D eigenvalue weighted by molar-refractivity contribution is 6.43. The monoisotopic (exact) mass is 391 g/mol. The van der Waals surface area contributed by atoms with Gasteiger partial charge in [0.1, 0.15) is 0 Å². The number of carbonyl (C=O) groups excluding carboxylic acids is 2. The van der Waals surface area contributed by atoms with Crippen LogP contribution in [0.3, 0.4) is 0 Å². The maximum atomic E-state index is 12.2. The Balaban J connectivity index is 1.61. The Morgan fingerprint density at radius 2 is 1.62 bits per heavy atom. The first-order chi connectivity index (χ1) is 12.5. The van der Waals surface area contributed by atoms with Gasteiger partial charge in [-0.05, 0) is 49.6 Å². The van der Waals surface area contributed by atoms with Crippen LogP contribution in [0.15, 0.2) is 36.4 Å². The molecule has 1 aliphatic rings. The number of hydrogen-bond donors (Lipinski definition) is 3. The third-order valence-corrected chi connectivity index (χ3v) is 5.02. The molecule has 5 nitrogen and oxygen atoms in total. The average Bonchev–Trinajstić information content (AvgIpc) is 3.45. The predicted molar refractivity (Wildman–Crippen MR) is 106 cm³/mol. The number of hydrogen-bond acceptors (Lipinski definition) is 3. The standard InChI is InChI=1S/C19H19Cl2N3O2/c1-11-14(5-3-6-15(11)24-19(26)12-8-9-12)23-17(25)10-22-16-7-2-4-13(20)18(16)21/h2-7,12,22H,8-10H2,1H3,(H,23,25)(H,24,26). The molecule has 0 radical (unpaired) electrons. The molecule has 0 bridgehead atoms. The van der Waals surface area contributed by atoms with Gasteiger partial charge in [-0.15, -0.1) is 0 Å². The van der Waals surface area contributed by atoms with Crippen LogP contribution >= 0.6 is 23.2 Å². The number of carbonyl (C=O) groups is 2. The van der Waals surface area contributed by atoms with Gasteiger partial charge in [-0.1, -0.05) is 35.3 Å². The number of halogens is 2. The molecule has 0 atom stereocenters. The number of rotatable bonds is 6. The molecule has 3 rings (SSSR count). The third-order valence-electron chi connectivity index (χ3n) is 4.20. The Morgan fingerprint density at radius 1 is 1.00 bits per heavy atom. The highest BCUT2D eigenvalue weighted by Gasteiger charge is 2.29. The van der Waals surface area contributed by atoms with Gasteiger partial charge in [-0.2, -0.15) is 0 Å². The van der Waals surface area contributed by atoms with Crippen LogP contribution in [0.2, 0.25) is 10.0 Å². The summed E-state index contributed by atoms with van der Waals surface area (Å²) in [6.07, 6.45) is 1.89. The van der Waals surface area contributed by atoms with Crippen molar-refractivity contribution in [2.45, 2.75) is 19.8 Å². The summed E-state index contributed by atoms with van der Waals surface area (Å²) in [4.78, 5) is 24.2. The molecular formula is C19H19Cl2N3O2. The van der Waals surface area contributed by atoms with Crippen LogP contribution in [0.25, 0.3) is 0 Å². The highest BCUT2D eigenvalue weighted by atomic mass is 35.5. The Hall–Kier alpha value is -2.24. The third kappa shape index (κ3) is 4.48. The molecule has 0 aromatic heterocycles. The minimum Gasteiger partial charge on any atom is -0.375 e. The van der Waals surface area contributed by atoms with E-state index in [2.05, 4.69) is 16.0 Å². The van der Waals surface area contributed by atoms with Crippen LogP contribution in [0, 0.1) is 12.8 Å². The van der Waals surface area contributed by atoms with Crippen molar-refractivity contribution in [3.8, 4) is 0 Å². The van der Waals surface area contributed by atoms with Crippen LogP contribution in [0.5, 0.6) is 0 Å². The van der Waals surface area contributed by atoms with Crippen molar-refractivity contribution in [3.63, 3.8) is 0 Å². The van der Waals surface area contributed by atoms with E-state index < -0.39 is 0 Å². The molecule has 136 valence electrons.